The van der Waals surface area contributed by atoms with Gasteiger partial charge in [-0.15, -0.1) is 0 Å². The van der Waals surface area contributed by atoms with Gasteiger partial charge in [0.2, 0.25) is 0 Å². The van der Waals surface area contributed by atoms with E-state index >= 15 is 0 Å². The van der Waals surface area contributed by atoms with E-state index in [0.29, 0.717) is 0 Å². The zero-order valence-electron chi connectivity index (χ0n) is 8.51. The molecule has 2 bridgehead atoms. The molecule has 2 rings (SSSR count). The molecule has 0 N–H and O–H groups in total. The van der Waals surface area contributed by atoms with Gasteiger partial charge in [-0.1, -0.05) is 12.2 Å². The van der Waals surface area contributed by atoms with Crippen LogP contribution in [0.1, 0.15) is 0 Å². The summed E-state index contributed by atoms with van der Waals surface area (Å²) in [6, 6.07) is 0. The van der Waals surface area contributed by atoms with E-state index in [1.807, 2.05) is 0 Å². The SMILES string of the molecule is O=C([O-])[C@@H]1[C@H](C(=O)[O-])[C@@H]2C=C[C@H]1O2.[K+].[K+]. The summed E-state index contributed by atoms with van der Waals surface area (Å²) in [5, 5.41) is 21.2. The summed E-state index contributed by atoms with van der Waals surface area (Å²) in [6.45, 7) is 0. The molecule has 5 nitrogen and oxygen atoms in total. The summed E-state index contributed by atoms with van der Waals surface area (Å²) in [5.74, 6) is -5.02. The number of hydrogen-bond donors (Lipinski definition) is 0. The molecular formula is C8H6K2O5. The van der Waals surface area contributed by atoms with Gasteiger partial charge in [0.1, 0.15) is 0 Å². The van der Waals surface area contributed by atoms with E-state index in [0.717, 1.165) is 0 Å². The third kappa shape index (κ3) is 3.22. The van der Waals surface area contributed by atoms with E-state index < -0.39 is 36.0 Å². The number of hydrogen-bond acceptors (Lipinski definition) is 5. The largest absolute Gasteiger partial charge is 1.00 e. The second-order valence-electron chi connectivity index (χ2n) is 3.14. The number of ether oxygens (including phenoxy) is 1. The maximum atomic E-state index is 10.6. The van der Waals surface area contributed by atoms with Gasteiger partial charge < -0.3 is 24.5 Å². The van der Waals surface area contributed by atoms with E-state index in [2.05, 4.69) is 0 Å². The predicted octanol–water partition coefficient (Wildman–Crippen LogP) is -8.94. The van der Waals surface area contributed by atoms with Gasteiger partial charge in [-0.05, 0) is 0 Å². The predicted molar refractivity (Wildman–Crippen MR) is 34.8 cm³/mol. The molecule has 4 atom stereocenters. The Hall–Kier alpha value is 1.91. The molecule has 0 spiro atoms. The fourth-order valence-electron chi connectivity index (χ4n) is 1.87. The van der Waals surface area contributed by atoms with Crippen LogP contribution in [0.25, 0.3) is 0 Å². The van der Waals surface area contributed by atoms with Gasteiger partial charge in [0.25, 0.3) is 0 Å². The number of carbonyl (C=O) groups excluding carboxylic acids is 2. The van der Waals surface area contributed by atoms with E-state index in [-0.39, 0.29) is 103 Å². The molecule has 0 amide bonds. The van der Waals surface area contributed by atoms with Gasteiger partial charge in [0.05, 0.1) is 12.2 Å². The number of carbonyl (C=O) groups is 2. The number of rotatable bonds is 2. The van der Waals surface area contributed by atoms with Crippen molar-refractivity contribution in [3.63, 3.8) is 0 Å². The van der Waals surface area contributed by atoms with Crippen molar-refractivity contribution in [3.8, 4) is 0 Å². The third-order valence-electron chi connectivity index (χ3n) is 2.44. The molecule has 70 valence electrons. The second kappa shape index (κ2) is 6.74. The molecule has 0 unspecified atom stereocenters. The Morgan fingerprint density at radius 1 is 0.933 bits per heavy atom. The Morgan fingerprint density at radius 3 is 1.53 bits per heavy atom. The van der Waals surface area contributed by atoms with Crippen LogP contribution < -0.4 is 113 Å². The molecule has 0 aromatic heterocycles. The Morgan fingerprint density at radius 2 is 1.27 bits per heavy atom. The van der Waals surface area contributed by atoms with Crippen molar-refractivity contribution in [2.75, 3.05) is 0 Å². The van der Waals surface area contributed by atoms with Crippen molar-refractivity contribution in [2.24, 2.45) is 11.8 Å². The molecular weight excluding hydrogens is 254 g/mol. The van der Waals surface area contributed by atoms with Crippen LogP contribution in [0, 0.1) is 11.8 Å². The molecule has 0 aliphatic carbocycles. The molecule has 7 heteroatoms. The van der Waals surface area contributed by atoms with E-state index in [1.165, 1.54) is 0 Å². The van der Waals surface area contributed by atoms with E-state index in [4.69, 9.17) is 4.74 Å². The molecule has 0 radical (unpaired) electrons. The summed E-state index contributed by atoms with van der Waals surface area (Å²) in [5.41, 5.74) is 0. The van der Waals surface area contributed by atoms with Gasteiger partial charge in [-0.3, -0.25) is 0 Å². The van der Waals surface area contributed by atoms with Gasteiger partial charge >= 0.3 is 103 Å². The molecule has 0 aromatic rings. The average Bonchev–Trinajstić information content (AvgIpc) is 2.60. The molecule has 15 heavy (non-hydrogen) atoms. The van der Waals surface area contributed by atoms with Gasteiger partial charge in [0.15, 0.2) is 0 Å². The Kier molecular flexibility index (Phi) is 7.60. The van der Waals surface area contributed by atoms with Crippen molar-refractivity contribution in [1.29, 1.82) is 0 Å². The first-order valence-corrected chi connectivity index (χ1v) is 3.87. The number of carboxylic acids is 2. The Labute approximate surface area is 171 Å². The smallest absolute Gasteiger partial charge is 0.550 e. The molecule has 0 saturated carbocycles. The van der Waals surface area contributed by atoms with E-state index in [1.54, 1.807) is 12.2 Å². The van der Waals surface area contributed by atoms with Crippen molar-refractivity contribution in [1.82, 2.24) is 0 Å². The minimum atomic E-state index is -1.40. The zero-order valence-corrected chi connectivity index (χ0v) is 14.8. The normalized spacial score (nSPS) is 35.5. The molecule has 1 fully saturated rings. The first-order chi connectivity index (χ1) is 6.11. The van der Waals surface area contributed by atoms with Crippen LogP contribution in [0.3, 0.4) is 0 Å². The number of carboxylic acid groups (broad SMARTS) is 2. The standard InChI is InChI=1S/C8H8O5.2K/c9-7(10)5-3-1-2-4(13-3)6(5)8(11)12;;/h1-6H,(H,9,10)(H,11,12);;/q;2*+1/p-2/t3-,4+,5+,6-;;. The number of fused-ring (bicyclic) bond motifs is 2. The van der Waals surface area contributed by atoms with Gasteiger partial charge in [-0.2, -0.15) is 0 Å². The van der Waals surface area contributed by atoms with Gasteiger partial charge in [-0.25, -0.2) is 0 Å². The summed E-state index contributed by atoms with van der Waals surface area (Å²) in [6.07, 6.45) is 1.76. The minimum absolute atomic E-state index is 0. The van der Waals surface area contributed by atoms with Crippen molar-refractivity contribution >= 4 is 11.9 Å². The minimum Gasteiger partial charge on any atom is -0.550 e. The van der Waals surface area contributed by atoms with E-state index in [9.17, 15) is 19.8 Å². The quantitative estimate of drug-likeness (QED) is 0.363. The first-order valence-electron chi connectivity index (χ1n) is 3.87. The summed E-state index contributed by atoms with van der Waals surface area (Å²) >= 11 is 0. The van der Waals surface area contributed by atoms with Crippen LogP contribution in [0.4, 0.5) is 0 Å². The van der Waals surface area contributed by atoms with Crippen LogP contribution in [0.2, 0.25) is 0 Å². The van der Waals surface area contributed by atoms with Crippen molar-refractivity contribution < 1.29 is 127 Å². The Bertz CT molecular complexity index is 275. The zero-order chi connectivity index (χ0) is 9.59. The van der Waals surface area contributed by atoms with Crippen molar-refractivity contribution in [3.05, 3.63) is 12.2 Å². The molecule has 2 aliphatic rings. The van der Waals surface area contributed by atoms with Crippen LogP contribution in [0.15, 0.2) is 12.2 Å². The first kappa shape index (κ1) is 16.9. The number of aliphatic carboxylic acids is 2. The second-order valence-corrected chi connectivity index (χ2v) is 3.14. The maximum Gasteiger partial charge on any atom is 1.00 e. The molecule has 2 aliphatic heterocycles. The monoisotopic (exact) mass is 260 g/mol. The van der Waals surface area contributed by atoms with Gasteiger partial charge in [0, 0.05) is 23.8 Å². The van der Waals surface area contributed by atoms with Crippen LogP contribution in [0.5, 0.6) is 0 Å². The third-order valence-corrected chi connectivity index (χ3v) is 2.44. The van der Waals surface area contributed by atoms with Crippen LogP contribution in [-0.2, 0) is 14.3 Å². The fraction of sp³-hybridized carbons (Fsp3) is 0.500. The maximum absolute atomic E-state index is 10.6. The van der Waals surface area contributed by atoms with Crippen LogP contribution >= 0.6 is 0 Å². The summed E-state index contributed by atoms with van der Waals surface area (Å²) < 4.78 is 5.07. The van der Waals surface area contributed by atoms with Crippen molar-refractivity contribution in [2.45, 2.75) is 12.2 Å². The molecule has 1 saturated heterocycles. The van der Waals surface area contributed by atoms with Crippen LogP contribution in [-0.4, -0.2) is 24.1 Å². The average molecular weight is 260 g/mol. The molecule has 0 aromatic carbocycles. The fourth-order valence-corrected chi connectivity index (χ4v) is 1.87. The molecule has 2 heterocycles. The topological polar surface area (TPSA) is 89.5 Å². The summed E-state index contributed by atoms with van der Waals surface area (Å²) in [7, 11) is 0. The Balaban J connectivity index is 0.000000980. The summed E-state index contributed by atoms with van der Waals surface area (Å²) in [4.78, 5) is 21.2.